The van der Waals surface area contributed by atoms with E-state index >= 15 is 0 Å². The zero-order chi connectivity index (χ0) is 28.5. The Hall–Kier alpha value is -3.88. The molecule has 0 aromatic heterocycles. The van der Waals surface area contributed by atoms with E-state index in [0.717, 1.165) is 16.0 Å². The summed E-state index contributed by atoms with van der Waals surface area (Å²) in [5.74, 6) is 1.98. The number of benzene rings is 2. The minimum Gasteiger partial charge on any atom is -0.444 e. The summed E-state index contributed by atoms with van der Waals surface area (Å²) in [4.78, 5) is 41.3. The summed E-state index contributed by atoms with van der Waals surface area (Å²) in [6.07, 6.45) is 13.0. The van der Waals surface area contributed by atoms with Crippen molar-refractivity contribution >= 4 is 35.4 Å². The van der Waals surface area contributed by atoms with Crippen molar-refractivity contribution in [2.45, 2.75) is 58.7 Å². The van der Waals surface area contributed by atoms with E-state index in [4.69, 9.17) is 17.6 Å². The number of nitrogens with zero attached hydrogens (tertiary/aromatic N) is 1. The number of rotatable bonds is 9. The van der Waals surface area contributed by atoms with Gasteiger partial charge in [-0.1, -0.05) is 48.7 Å². The number of carbonyl (C=O) groups excluding carboxylic acids is 3. The molecule has 0 aliphatic heterocycles. The van der Waals surface area contributed by atoms with Gasteiger partial charge in [0.25, 0.3) is 11.8 Å². The van der Waals surface area contributed by atoms with Gasteiger partial charge < -0.3 is 15.4 Å². The van der Waals surface area contributed by atoms with Gasteiger partial charge in [0.2, 0.25) is 0 Å². The molecule has 2 unspecified atom stereocenters. The minimum absolute atomic E-state index is 0.277. The van der Waals surface area contributed by atoms with E-state index in [1.165, 1.54) is 11.8 Å². The third-order valence-electron chi connectivity index (χ3n) is 5.62. The lowest BCUT2D eigenvalue weighted by atomic mass is 9.97. The van der Waals surface area contributed by atoms with Crippen LogP contribution in [0.1, 0.15) is 55.5 Å². The van der Waals surface area contributed by atoms with Crippen LogP contribution in [0.4, 0.5) is 10.5 Å². The molecule has 0 saturated heterocycles. The Labute approximate surface area is 230 Å². The molecule has 0 bridgehead atoms. The Morgan fingerprint density at radius 3 is 2.24 bits per heavy atom. The van der Waals surface area contributed by atoms with Gasteiger partial charge in [-0.05, 0) is 70.2 Å². The van der Waals surface area contributed by atoms with Crippen LogP contribution in [-0.2, 0) is 14.3 Å². The van der Waals surface area contributed by atoms with Gasteiger partial charge in [-0.25, -0.2) is 4.79 Å². The molecule has 2 rings (SSSR count). The molecular weight excluding hydrogens is 498 g/mol. The maximum absolute atomic E-state index is 13.9. The number of thioether (sulfide) groups is 1. The highest BCUT2D eigenvalue weighted by molar-refractivity contribution is 7.98. The van der Waals surface area contributed by atoms with Crippen molar-refractivity contribution in [2.75, 3.05) is 17.3 Å². The van der Waals surface area contributed by atoms with Crippen molar-refractivity contribution in [3.8, 4) is 24.8 Å². The average Bonchev–Trinajstić information content (AvgIpc) is 2.85. The van der Waals surface area contributed by atoms with E-state index in [2.05, 4.69) is 22.6 Å². The fourth-order valence-corrected chi connectivity index (χ4v) is 4.32. The number of para-hydroxylation sites is 1. The summed E-state index contributed by atoms with van der Waals surface area (Å²) in [6, 6.07) is 12.6. The van der Waals surface area contributed by atoms with Crippen LogP contribution >= 0.6 is 11.8 Å². The van der Waals surface area contributed by atoms with Crippen molar-refractivity contribution in [1.82, 2.24) is 10.2 Å². The standard InChI is InChI=1S/C30H35N3O4S/c1-9-22-16-11-12-17-23(22)26(27(34)32-25-20(3)14-13-15-21(25)4)33(10-2)28(35)24(18-19-38-8)31-29(36)37-30(5,6)7/h1-2,11-17,24,26H,18-19H2,3-8H3,(H,31,36)(H,32,34). The monoisotopic (exact) mass is 533 g/mol. The number of ether oxygens (including phenoxy) is 1. The molecular formula is C30H35N3O4S. The van der Waals surface area contributed by atoms with Gasteiger partial charge in [0, 0.05) is 22.9 Å². The van der Waals surface area contributed by atoms with Gasteiger partial charge in [-0.2, -0.15) is 11.8 Å². The zero-order valence-electron chi connectivity index (χ0n) is 22.8. The number of terminal acetylenes is 2. The second-order valence-corrected chi connectivity index (χ2v) is 10.7. The van der Waals surface area contributed by atoms with Crippen molar-refractivity contribution in [2.24, 2.45) is 0 Å². The van der Waals surface area contributed by atoms with Gasteiger partial charge in [0.15, 0.2) is 6.04 Å². The molecule has 2 atom stereocenters. The van der Waals surface area contributed by atoms with Crippen LogP contribution in [0.25, 0.3) is 0 Å². The first-order valence-electron chi connectivity index (χ1n) is 12.1. The molecule has 200 valence electrons. The lowest BCUT2D eigenvalue weighted by Crippen LogP contribution is -2.51. The molecule has 2 aromatic rings. The van der Waals surface area contributed by atoms with E-state index in [-0.39, 0.29) is 6.42 Å². The number of hydrogen-bond donors (Lipinski definition) is 2. The molecule has 0 saturated carbocycles. The third kappa shape index (κ3) is 8.06. The predicted molar refractivity (Wildman–Crippen MR) is 153 cm³/mol. The molecule has 0 aliphatic rings. The van der Waals surface area contributed by atoms with Crippen LogP contribution < -0.4 is 10.6 Å². The summed E-state index contributed by atoms with van der Waals surface area (Å²) in [5, 5.41) is 5.57. The SMILES string of the molecule is C#Cc1ccccc1C(C(=O)Nc1c(C)cccc1C)N(C#C)C(=O)C(CCSC)NC(=O)OC(C)(C)C. The van der Waals surface area contributed by atoms with Crippen molar-refractivity contribution < 1.29 is 19.1 Å². The molecule has 8 heteroatoms. The summed E-state index contributed by atoms with van der Waals surface area (Å²) < 4.78 is 5.36. The lowest BCUT2D eigenvalue weighted by molar-refractivity contribution is -0.136. The van der Waals surface area contributed by atoms with Gasteiger partial charge in [0.05, 0.1) is 0 Å². The van der Waals surface area contributed by atoms with E-state index in [9.17, 15) is 14.4 Å². The first-order valence-corrected chi connectivity index (χ1v) is 13.5. The van der Waals surface area contributed by atoms with Gasteiger partial charge in [-0.15, -0.1) is 6.42 Å². The Kier molecular flexibility index (Phi) is 10.9. The van der Waals surface area contributed by atoms with E-state index < -0.39 is 35.6 Å². The molecule has 7 nitrogen and oxygen atoms in total. The average molecular weight is 534 g/mol. The largest absolute Gasteiger partial charge is 0.444 e. The predicted octanol–water partition coefficient (Wildman–Crippen LogP) is 5.03. The van der Waals surface area contributed by atoms with Crippen molar-refractivity contribution in [3.63, 3.8) is 0 Å². The Morgan fingerprint density at radius 1 is 1.05 bits per heavy atom. The zero-order valence-corrected chi connectivity index (χ0v) is 23.6. The fourth-order valence-electron chi connectivity index (χ4n) is 3.84. The van der Waals surface area contributed by atoms with Crippen LogP contribution in [0, 0.1) is 38.7 Å². The van der Waals surface area contributed by atoms with Crippen LogP contribution in [-0.4, -0.2) is 46.5 Å². The number of aryl methyl sites for hydroxylation is 2. The molecule has 0 radical (unpaired) electrons. The second kappa shape index (κ2) is 13.6. The summed E-state index contributed by atoms with van der Waals surface area (Å²) in [7, 11) is 0. The first-order chi connectivity index (χ1) is 17.9. The highest BCUT2D eigenvalue weighted by Crippen LogP contribution is 2.28. The Bertz CT molecular complexity index is 1230. The number of nitrogens with one attached hydrogen (secondary N) is 2. The maximum atomic E-state index is 13.9. The molecule has 0 fully saturated rings. The molecule has 2 aromatic carbocycles. The first kappa shape index (κ1) is 30.3. The molecule has 0 heterocycles. The van der Waals surface area contributed by atoms with Crippen molar-refractivity contribution in [1.29, 1.82) is 0 Å². The molecule has 2 N–H and O–H groups in total. The third-order valence-corrected chi connectivity index (χ3v) is 6.27. The van der Waals surface area contributed by atoms with Crippen LogP contribution in [0.15, 0.2) is 42.5 Å². The molecule has 0 spiro atoms. The lowest BCUT2D eigenvalue weighted by Gasteiger charge is -2.31. The highest BCUT2D eigenvalue weighted by Gasteiger charge is 2.37. The highest BCUT2D eigenvalue weighted by atomic mass is 32.2. The smallest absolute Gasteiger partial charge is 0.408 e. The van der Waals surface area contributed by atoms with Crippen LogP contribution in [0.3, 0.4) is 0 Å². The number of anilines is 1. The second-order valence-electron chi connectivity index (χ2n) is 9.71. The Balaban J connectivity index is 2.55. The normalized spacial score (nSPS) is 12.3. The number of hydrogen-bond acceptors (Lipinski definition) is 5. The van der Waals surface area contributed by atoms with E-state index in [0.29, 0.717) is 22.6 Å². The van der Waals surface area contributed by atoms with Crippen LogP contribution in [0.2, 0.25) is 0 Å². The quantitative estimate of drug-likeness (QED) is 0.349. The fraction of sp³-hybridized carbons (Fsp3) is 0.367. The summed E-state index contributed by atoms with van der Waals surface area (Å²) in [6.45, 7) is 8.93. The van der Waals surface area contributed by atoms with E-state index in [1.807, 2.05) is 38.3 Å². The molecule has 38 heavy (non-hydrogen) atoms. The van der Waals surface area contributed by atoms with Gasteiger partial charge in [0.1, 0.15) is 11.6 Å². The van der Waals surface area contributed by atoms with Crippen LogP contribution in [0.5, 0.6) is 0 Å². The summed E-state index contributed by atoms with van der Waals surface area (Å²) >= 11 is 1.51. The Morgan fingerprint density at radius 2 is 1.68 bits per heavy atom. The minimum atomic E-state index is -1.25. The van der Waals surface area contributed by atoms with E-state index in [1.54, 1.807) is 45.0 Å². The summed E-state index contributed by atoms with van der Waals surface area (Å²) in [5.41, 5.74) is 2.38. The molecule has 3 amide bonds. The topological polar surface area (TPSA) is 87.7 Å². The van der Waals surface area contributed by atoms with Gasteiger partial charge >= 0.3 is 6.09 Å². The maximum Gasteiger partial charge on any atom is 0.408 e. The number of amides is 3. The van der Waals surface area contributed by atoms with Gasteiger partial charge in [-0.3, -0.25) is 14.5 Å². The number of carbonyl (C=O) groups is 3. The number of alkyl carbamates (subject to hydrolysis) is 1. The molecule has 0 aliphatic carbocycles. The van der Waals surface area contributed by atoms with Crippen molar-refractivity contribution in [3.05, 3.63) is 64.7 Å².